The molecule has 4 nitrogen and oxygen atoms in total. The SMILES string of the molecule is CC1(C)c2ccc(-c3ccc(N(c4ccccc4)c4ccc(-c5ccc6c(c5)C5(c7ccccc7-c7ccccc75)c5cc(-c7ccc(N(c8ccccc8)c8ccccc8)cc7)ccc5-6)cc4)cc3)cc2-c2ccc(N(c3ccc(-c4cccc5c4-c4ccccc4C5(c4ccccc4)c4ccccc4)cc3)c3cccc4c3oc3ccccc34)cc21. The number of nitrogens with zero attached hydrogens (tertiary/aromatic N) is 3. The van der Waals surface area contributed by atoms with E-state index in [0.717, 1.165) is 89.8 Å². The molecule has 1 heterocycles. The van der Waals surface area contributed by atoms with Crippen molar-refractivity contribution in [2.75, 3.05) is 14.7 Å². The Balaban J connectivity index is 0.549. The van der Waals surface area contributed by atoms with Crippen molar-refractivity contribution in [1.29, 1.82) is 0 Å². The minimum Gasteiger partial charge on any atom is -0.454 e. The zero-order valence-electron chi connectivity index (χ0n) is 68.1. The maximum atomic E-state index is 6.93. The second-order valence-corrected chi connectivity index (χ2v) is 33.7. The lowest BCUT2D eigenvalue weighted by Gasteiger charge is -2.34. The first kappa shape index (κ1) is 71.5. The molecule has 4 heteroatoms. The number of hydrogen-bond acceptors (Lipinski definition) is 4. The molecule has 0 aliphatic heterocycles. The monoisotopic (exact) mass is 1570 g/mol. The molecule has 24 rings (SSSR count). The first-order valence-electron chi connectivity index (χ1n) is 42.8. The largest absolute Gasteiger partial charge is 0.454 e. The molecule has 0 unspecified atom stereocenters. The number of benzene rings is 19. The van der Waals surface area contributed by atoms with E-state index >= 15 is 0 Å². The van der Waals surface area contributed by atoms with Crippen molar-refractivity contribution in [2.45, 2.75) is 30.1 Å². The summed E-state index contributed by atoms with van der Waals surface area (Å²) in [4.78, 5) is 7.11. The molecule has 0 bridgehead atoms. The molecule has 0 radical (unpaired) electrons. The van der Waals surface area contributed by atoms with Crippen LogP contribution in [0, 0.1) is 0 Å². The predicted octanol–water partition coefficient (Wildman–Crippen LogP) is 31.7. The zero-order chi connectivity index (χ0) is 81.5. The van der Waals surface area contributed by atoms with Gasteiger partial charge < -0.3 is 19.1 Å². The molecule has 4 aliphatic carbocycles. The van der Waals surface area contributed by atoms with E-state index in [0.29, 0.717) is 0 Å². The van der Waals surface area contributed by atoms with E-state index in [4.69, 9.17) is 4.42 Å². The molecule has 0 N–H and O–H groups in total. The van der Waals surface area contributed by atoms with Crippen LogP contribution >= 0.6 is 0 Å². The molecule has 0 fully saturated rings. The lowest BCUT2D eigenvalue weighted by Crippen LogP contribution is -2.28. The Morgan fingerprint density at radius 2 is 0.553 bits per heavy atom. The van der Waals surface area contributed by atoms with Crippen LogP contribution in [0.4, 0.5) is 51.2 Å². The number of anilines is 9. The van der Waals surface area contributed by atoms with E-state index in [1.807, 2.05) is 0 Å². The summed E-state index contributed by atoms with van der Waals surface area (Å²) in [6.45, 7) is 4.77. The molecule has 0 saturated carbocycles. The average molecular weight is 1570 g/mol. The first-order chi connectivity index (χ1) is 60.7. The van der Waals surface area contributed by atoms with E-state index in [1.54, 1.807) is 0 Å². The maximum absolute atomic E-state index is 6.93. The molecular formula is C119H81N3O. The zero-order valence-corrected chi connectivity index (χ0v) is 68.1. The van der Waals surface area contributed by atoms with Gasteiger partial charge in [0.1, 0.15) is 5.58 Å². The Labute approximate surface area is 717 Å². The average Bonchev–Trinajstić information content (AvgIpc) is 1.49. The highest BCUT2D eigenvalue weighted by Gasteiger charge is 2.52. The molecule has 0 amide bonds. The van der Waals surface area contributed by atoms with Gasteiger partial charge in [-0.15, -0.1) is 0 Å². The summed E-state index contributed by atoms with van der Waals surface area (Å²) in [5.74, 6) is 0. The van der Waals surface area contributed by atoms with Crippen molar-refractivity contribution < 1.29 is 4.42 Å². The Hall–Kier alpha value is -15.6. The third kappa shape index (κ3) is 11.0. The minimum absolute atomic E-state index is 0.312. The minimum atomic E-state index is -0.543. The lowest BCUT2D eigenvalue weighted by molar-refractivity contribution is 0.660. The van der Waals surface area contributed by atoms with Gasteiger partial charge >= 0.3 is 0 Å². The highest BCUT2D eigenvalue weighted by Crippen LogP contribution is 2.65. The Morgan fingerprint density at radius 3 is 1.08 bits per heavy atom. The van der Waals surface area contributed by atoms with Gasteiger partial charge in [-0.2, -0.15) is 0 Å². The van der Waals surface area contributed by atoms with Crippen LogP contribution in [-0.4, -0.2) is 0 Å². The molecule has 0 atom stereocenters. The fourth-order valence-electron chi connectivity index (χ4n) is 21.5. The molecule has 4 aliphatic rings. The highest BCUT2D eigenvalue weighted by atomic mass is 16.3. The fraction of sp³-hybridized carbons (Fsp3) is 0.0420. The predicted molar refractivity (Wildman–Crippen MR) is 511 cm³/mol. The molecule has 1 aromatic heterocycles. The van der Waals surface area contributed by atoms with Crippen LogP contribution in [0.5, 0.6) is 0 Å². The van der Waals surface area contributed by atoms with Gasteiger partial charge in [0.25, 0.3) is 0 Å². The van der Waals surface area contributed by atoms with E-state index in [1.165, 1.54) is 128 Å². The molecule has 123 heavy (non-hydrogen) atoms. The van der Waals surface area contributed by atoms with Gasteiger partial charge in [-0.25, -0.2) is 0 Å². The number of hydrogen-bond donors (Lipinski definition) is 0. The van der Waals surface area contributed by atoms with Crippen molar-refractivity contribution in [2.24, 2.45) is 0 Å². The topological polar surface area (TPSA) is 22.9 Å². The standard InChI is InChI=1S/C119H81N3O/c1-117(2)105-73-60-82(74-104(105)100-72-69-94(77-110(100)117)122(113-48-27-43-102-101-40-21-25-49-114(101)123-116(102)113)93-67-56-81(57-68-93)95-42-26-47-109-115(95)103-41-20-24-46-108(103)118(109,85-28-8-3-9-29-85)86-30-10-4-11-31-86)78-50-61-91(62-51-78)121(89-36-16-7-17-37-89)92-65-54-80(55-66-92)84-59-71-99-98-70-58-83(79-52-63-90(64-53-79)120(87-32-12-5-13-33-87)88-34-14-6-15-35-88)75-111(98)119(112(99)76-84)106-44-22-18-38-96(106)97-39-19-23-45-107(97)119/h3-77H,1-2H3. The van der Waals surface area contributed by atoms with Gasteiger partial charge in [-0.3, -0.25) is 0 Å². The summed E-state index contributed by atoms with van der Waals surface area (Å²) in [6, 6.07) is 169. The smallest absolute Gasteiger partial charge is 0.159 e. The lowest BCUT2D eigenvalue weighted by atomic mass is 9.67. The molecule has 20 aromatic rings. The molecule has 19 aromatic carbocycles. The molecular weight excluding hydrogens is 1490 g/mol. The number of para-hydroxylation sites is 5. The normalized spacial score (nSPS) is 13.5. The van der Waals surface area contributed by atoms with Crippen LogP contribution in [0.3, 0.4) is 0 Å². The fourth-order valence-corrected chi connectivity index (χ4v) is 21.5. The number of rotatable bonds is 15. The second kappa shape index (κ2) is 28.3. The Bertz CT molecular complexity index is 7420. The second-order valence-electron chi connectivity index (χ2n) is 33.7. The molecule has 0 saturated heterocycles. The van der Waals surface area contributed by atoms with Crippen molar-refractivity contribution in [3.05, 3.63) is 511 Å². The summed E-state index contributed by atoms with van der Waals surface area (Å²) in [6.07, 6.45) is 0. The summed E-state index contributed by atoms with van der Waals surface area (Å²) >= 11 is 0. The summed E-state index contributed by atoms with van der Waals surface area (Å²) < 4.78 is 6.93. The van der Waals surface area contributed by atoms with E-state index in [9.17, 15) is 0 Å². The van der Waals surface area contributed by atoms with Gasteiger partial charge in [0.2, 0.25) is 0 Å². The molecule has 1 spiro atoms. The summed E-state index contributed by atoms with van der Waals surface area (Å²) in [7, 11) is 0. The van der Waals surface area contributed by atoms with Crippen LogP contribution in [0.25, 0.3) is 111 Å². The number of furan rings is 1. The van der Waals surface area contributed by atoms with Crippen molar-refractivity contribution in [3.8, 4) is 89.0 Å². The van der Waals surface area contributed by atoms with E-state index < -0.39 is 10.8 Å². The summed E-state index contributed by atoms with van der Waals surface area (Å²) in [5.41, 5.74) is 42.5. The van der Waals surface area contributed by atoms with Gasteiger partial charge in [-0.1, -0.05) is 341 Å². The van der Waals surface area contributed by atoms with E-state index in [2.05, 4.69) is 484 Å². The van der Waals surface area contributed by atoms with Crippen LogP contribution in [0.2, 0.25) is 0 Å². The van der Waals surface area contributed by atoms with E-state index in [-0.39, 0.29) is 5.41 Å². The van der Waals surface area contributed by atoms with Crippen LogP contribution in [0.15, 0.2) is 459 Å². The molecule has 578 valence electrons. The van der Waals surface area contributed by atoms with Crippen molar-refractivity contribution in [3.63, 3.8) is 0 Å². The van der Waals surface area contributed by atoms with Crippen LogP contribution in [-0.2, 0) is 16.2 Å². The Morgan fingerprint density at radius 1 is 0.195 bits per heavy atom. The van der Waals surface area contributed by atoms with Gasteiger partial charge in [0.05, 0.1) is 16.5 Å². The Kier molecular flexibility index (Phi) is 16.4. The maximum Gasteiger partial charge on any atom is 0.159 e. The number of fused-ring (bicyclic) bond motifs is 19. The van der Waals surface area contributed by atoms with Gasteiger partial charge in [0.15, 0.2) is 5.58 Å². The van der Waals surface area contributed by atoms with Gasteiger partial charge in [0, 0.05) is 61.7 Å². The van der Waals surface area contributed by atoms with Gasteiger partial charge in [-0.05, 0) is 272 Å². The summed E-state index contributed by atoms with van der Waals surface area (Å²) in [5, 5.41) is 2.18. The van der Waals surface area contributed by atoms with Crippen molar-refractivity contribution in [1.82, 2.24) is 0 Å². The third-order valence-electron chi connectivity index (χ3n) is 27.0. The van der Waals surface area contributed by atoms with Crippen LogP contribution < -0.4 is 14.7 Å². The first-order valence-corrected chi connectivity index (χ1v) is 42.8. The van der Waals surface area contributed by atoms with Crippen molar-refractivity contribution >= 4 is 73.1 Å². The quantitative estimate of drug-likeness (QED) is 0.102. The highest BCUT2D eigenvalue weighted by molar-refractivity contribution is 6.11. The van der Waals surface area contributed by atoms with Crippen LogP contribution in [0.1, 0.15) is 69.5 Å². The third-order valence-corrected chi connectivity index (χ3v) is 27.0.